The van der Waals surface area contributed by atoms with Crippen molar-refractivity contribution in [3.63, 3.8) is 0 Å². The average molecular weight is 386 g/mol. The first-order valence-corrected chi connectivity index (χ1v) is 10.0. The van der Waals surface area contributed by atoms with Gasteiger partial charge < -0.3 is 4.90 Å². The lowest BCUT2D eigenvalue weighted by atomic mass is 10.0. The quantitative estimate of drug-likeness (QED) is 0.717. The number of nitrogens with zero attached hydrogens (tertiary/aromatic N) is 3. The second-order valence-electron chi connectivity index (χ2n) is 7.57. The summed E-state index contributed by atoms with van der Waals surface area (Å²) < 4.78 is 1.76. The molecule has 1 unspecified atom stereocenters. The summed E-state index contributed by atoms with van der Waals surface area (Å²) in [7, 11) is 2.14. The Hall–Kier alpha value is -1.91. The number of allylic oxidation sites excluding steroid dienone is 4. The highest BCUT2D eigenvalue weighted by atomic mass is 35.5. The third-order valence-corrected chi connectivity index (χ3v) is 5.34. The molecular weight excluding hydrogens is 358 g/mol. The normalized spacial score (nSPS) is 20.1. The number of aromatic nitrogens is 2. The van der Waals surface area contributed by atoms with E-state index >= 15 is 0 Å². The van der Waals surface area contributed by atoms with E-state index < -0.39 is 0 Å². The zero-order valence-corrected chi connectivity index (χ0v) is 17.2. The fourth-order valence-corrected chi connectivity index (χ4v) is 3.76. The lowest BCUT2D eigenvalue weighted by Gasteiger charge is -2.19. The second kappa shape index (κ2) is 8.85. The van der Waals surface area contributed by atoms with Gasteiger partial charge in [-0.05, 0) is 65.4 Å². The molecule has 144 valence electrons. The molecule has 5 heteroatoms. The Morgan fingerprint density at radius 1 is 1.19 bits per heavy atom. The Morgan fingerprint density at radius 2 is 1.93 bits per heavy atom. The molecule has 0 bridgehead atoms. The van der Waals surface area contributed by atoms with Crippen molar-refractivity contribution in [3.05, 3.63) is 63.1 Å². The second-order valence-corrected chi connectivity index (χ2v) is 8.17. The van der Waals surface area contributed by atoms with Crippen molar-refractivity contribution < 1.29 is 0 Å². The van der Waals surface area contributed by atoms with E-state index in [0.717, 1.165) is 53.9 Å². The summed E-state index contributed by atoms with van der Waals surface area (Å²) in [5.74, 6) is 0. The predicted molar refractivity (Wildman–Crippen MR) is 113 cm³/mol. The summed E-state index contributed by atoms with van der Waals surface area (Å²) in [4.78, 5) is 15.5. The minimum absolute atomic E-state index is 0.0297. The Kier molecular flexibility index (Phi) is 6.51. The van der Waals surface area contributed by atoms with Crippen molar-refractivity contribution >= 4 is 22.4 Å². The van der Waals surface area contributed by atoms with E-state index in [0.29, 0.717) is 6.42 Å². The third kappa shape index (κ3) is 4.88. The Labute approximate surface area is 166 Å². The minimum Gasteiger partial charge on any atom is -0.306 e. The zero-order valence-electron chi connectivity index (χ0n) is 16.4. The van der Waals surface area contributed by atoms with Gasteiger partial charge in [-0.25, -0.2) is 4.68 Å². The van der Waals surface area contributed by atoms with Gasteiger partial charge in [0.05, 0.1) is 17.1 Å². The third-order valence-electron chi connectivity index (χ3n) is 5.22. The molecule has 1 aliphatic heterocycles. The predicted octanol–water partition coefficient (Wildman–Crippen LogP) is 4.68. The lowest BCUT2D eigenvalue weighted by Crippen LogP contribution is -2.29. The summed E-state index contributed by atoms with van der Waals surface area (Å²) in [6.07, 6.45) is 7.68. The van der Waals surface area contributed by atoms with Crippen LogP contribution in [-0.4, -0.2) is 34.8 Å². The van der Waals surface area contributed by atoms with Crippen molar-refractivity contribution in [2.45, 2.75) is 45.6 Å². The van der Waals surface area contributed by atoms with Crippen LogP contribution in [-0.2, 0) is 6.42 Å². The zero-order chi connectivity index (χ0) is 19.4. The lowest BCUT2D eigenvalue weighted by molar-refractivity contribution is 0.334. The monoisotopic (exact) mass is 385 g/mol. The molecular formula is C22H28ClN3O. The van der Waals surface area contributed by atoms with Crippen molar-refractivity contribution in [1.29, 1.82) is 0 Å². The van der Waals surface area contributed by atoms with E-state index in [1.165, 1.54) is 5.57 Å². The van der Waals surface area contributed by atoms with Crippen LogP contribution in [0.2, 0.25) is 0 Å². The molecule has 0 aliphatic carbocycles. The SMILES string of the molecule is C/C(Cl)=C\C=C(/C)Cc1nn(C2CCCN(C)CC2)c(=O)c2ccccc12. The van der Waals surface area contributed by atoms with Crippen LogP contribution in [0.3, 0.4) is 0 Å². The molecule has 0 amide bonds. The summed E-state index contributed by atoms with van der Waals surface area (Å²) >= 11 is 5.95. The first kappa shape index (κ1) is 19.8. The van der Waals surface area contributed by atoms with Crippen LogP contribution in [0.1, 0.15) is 44.8 Å². The molecule has 27 heavy (non-hydrogen) atoms. The van der Waals surface area contributed by atoms with E-state index in [1.807, 2.05) is 43.3 Å². The number of hydrogen-bond acceptors (Lipinski definition) is 3. The van der Waals surface area contributed by atoms with Crippen molar-refractivity contribution in [3.8, 4) is 0 Å². The maximum Gasteiger partial charge on any atom is 0.274 e. The van der Waals surface area contributed by atoms with Gasteiger partial charge in [0, 0.05) is 16.8 Å². The fraction of sp³-hybridized carbons (Fsp3) is 0.455. The van der Waals surface area contributed by atoms with E-state index in [9.17, 15) is 4.79 Å². The molecule has 4 nitrogen and oxygen atoms in total. The fourth-order valence-electron chi connectivity index (χ4n) is 3.70. The average Bonchev–Trinajstić information content (AvgIpc) is 2.87. The number of hydrogen-bond donors (Lipinski definition) is 0. The number of likely N-dealkylation sites (tertiary alicyclic amines) is 1. The smallest absolute Gasteiger partial charge is 0.274 e. The Bertz CT molecular complexity index is 925. The van der Waals surface area contributed by atoms with Gasteiger partial charge in [0.1, 0.15) is 0 Å². The van der Waals surface area contributed by atoms with Crippen molar-refractivity contribution in [1.82, 2.24) is 14.7 Å². The highest BCUT2D eigenvalue weighted by molar-refractivity contribution is 6.29. The van der Waals surface area contributed by atoms with Crippen LogP contribution in [0, 0.1) is 0 Å². The van der Waals surface area contributed by atoms with Gasteiger partial charge in [0.25, 0.3) is 5.56 Å². The van der Waals surface area contributed by atoms with Crippen LogP contribution < -0.4 is 5.56 Å². The van der Waals surface area contributed by atoms with Gasteiger partial charge >= 0.3 is 0 Å². The highest BCUT2D eigenvalue weighted by Crippen LogP contribution is 2.23. The molecule has 1 aromatic carbocycles. The van der Waals surface area contributed by atoms with Crippen LogP contribution in [0.5, 0.6) is 0 Å². The molecule has 1 atom stereocenters. The molecule has 1 aliphatic rings. The topological polar surface area (TPSA) is 38.1 Å². The Balaban J connectivity index is 2.05. The molecule has 2 aromatic rings. The van der Waals surface area contributed by atoms with Crippen LogP contribution in [0.15, 0.2) is 51.8 Å². The Morgan fingerprint density at radius 3 is 2.67 bits per heavy atom. The number of rotatable bonds is 4. The summed E-state index contributed by atoms with van der Waals surface area (Å²) in [6.45, 7) is 6.02. The van der Waals surface area contributed by atoms with Gasteiger partial charge in [-0.3, -0.25) is 4.79 Å². The number of halogens is 1. The number of benzene rings is 1. The minimum atomic E-state index is 0.0297. The molecule has 1 fully saturated rings. The summed E-state index contributed by atoms with van der Waals surface area (Å²) in [5.41, 5.74) is 2.15. The van der Waals surface area contributed by atoms with Gasteiger partial charge in [-0.2, -0.15) is 5.10 Å². The van der Waals surface area contributed by atoms with Gasteiger partial charge in [0.15, 0.2) is 0 Å². The maximum atomic E-state index is 13.1. The molecule has 0 spiro atoms. The van der Waals surface area contributed by atoms with E-state index in [1.54, 1.807) is 4.68 Å². The van der Waals surface area contributed by atoms with Gasteiger partial charge in [-0.1, -0.05) is 41.4 Å². The first-order chi connectivity index (χ1) is 13.0. The van der Waals surface area contributed by atoms with Gasteiger partial charge in [0.2, 0.25) is 0 Å². The summed E-state index contributed by atoms with van der Waals surface area (Å²) in [5, 5.41) is 7.31. The first-order valence-electron chi connectivity index (χ1n) is 9.64. The van der Waals surface area contributed by atoms with Crippen LogP contribution in [0.4, 0.5) is 0 Å². The van der Waals surface area contributed by atoms with E-state index in [-0.39, 0.29) is 11.6 Å². The standard InChI is InChI=1S/C22H28ClN3O/c1-16(10-11-17(2)23)15-21-19-8-4-5-9-20(19)22(27)26(24-21)18-7-6-13-25(3)14-12-18/h4-5,8-11,18H,6-7,12-15H2,1-3H3/b16-10+,17-11+. The molecule has 2 heterocycles. The molecule has 0 N–H and O–H groups in total. The van der Waals surface area contributed by atoms with Crippen LogP contribution in [0.25, 0.3) is 10.8 Å². The molecule has 0 saturated carbocycles. The van der Waals surface area contributed by atoms with E-state index in [4.69, 9.17) is 16.7 Å². The van der Waals surface area contributed by atoms with Crippen molar-refractivity contribution in [2.24, 2.45) is 0 Å². The largest absolute Gasteiger partial charge is 0.306 e. The van der Waals surface area contributed by atoms with Crippen molar-refractivity contribution in [2.75, 3.05) is 20.1 Å². The molecule has 1 aromatic heterocycles. The number of fused-ring (bicyclic) bond motifs is 1. The molecule has 1 saturated heterocycles. The maximum absolute atomic E-state index is 13.1. The van der Waals surface area contributed by atoms with Gasteiger partial charge in [-0.15, -0.1) is 0 Å². The van der Waals surface area contributed by atoms with E-state index in [2.05, 4.69) is 18.9 Å². The summed E-state index contributed by atoms with van der Waals surface area (Å²) in [6, 6.07) is 7.99. The highest BCUT2D eigenvalue weighted by Gasteiger charge is 2.20. The molecule has 3 rings (SSSR count). The molecule has 0 radical (unpaired) electrons. The van der Waals surface area contributed by atoms with Crippen LogP contribution >= 0.6 is 11.6 Å².